The Morgan fingerprint density at radius 3 is 1.52 bits per heavy atom. The van der Waals surface area contributed by atoms with Crippen LogP contribution in [0.3, 0.4) is 0 Å². The number of amides is 3. The van der Waals surface area contributed by atoms with Crippen molar-refractivity contribution in [1.82, 2.24) is 15.1 Å². The molecule has 2 fully saturated rings. The topological polar surface area (TPSA) is 205 Å². The van der Waals surface area contributed by atoms with E-state index >= 15 is 0 Å². The summed E-state index contributed by atoms with van der Waals surface area (Å²) in [6.07, 6.45) is 1.60. The summed E-state index contributed by atoms with van der Waals surface area (Å²) in [6, 6.07) is 23.3. The lowest BCUT2D eigenvalue weighted by molar-refractivity contribution is -0.153. The van der Waals surface area contributed by atoms with Gasteiger partial charge in [-0.1, -0.05) is 114 Å². The molecule has 0 bridgehead atoms. The van der Waals surface area contributed by atoms with Crippen LogP contribution in [0.2, 0.25) is 0 Å². The van der Waals surface area contributed by atoms with Crippen molar-refractivity contribution in [2.45, 2.75) is 123 Å². The van der Waals surface area contributed by atoms with Crippen molar-refractivity contribution in [1.29, 1.82) is 0 Å². The summed E-state index contributed by atoms with van der Waals surface area (Å²) in [4.78, 5) is 67.2. The normalized spacial score (nSPS) is 18.8. The van der Waals surface area contributed by atoms with E-state index in [4.69, 9.17) is 34.2 Å². The molecule has 3 amide bonds. The van der Waals surface area contributed by atoms with Gasteiger partial charge >= 0.3 is 11.9 Å². The third-order valence-electron chi connectivity index (χ3n) is 11.7. The maximum absolute atomic E-state index is 13.7. The number of carbonyl (C=O) groups is 5. The molecule has 2 saturated heterocycles. The fraction of sp³-hybridized carbons (Fsp3) is 0.558. The Hall–Kier alpha value is -5.10. The lowest BCUT2D eigenvalue weighted by Gasteiger charge is -2.35. The molecule has 3 aromatic rings. The van der Waals surface area contributed by atoms with Crippen LogP contribution in [0.5, 0.6) is 5.75 Å². The molecule has 2 heterocycles. The predicted octanol–water partition coefficient (Wildman–Crippen LogP) is 5.78. The second-order valence-electron chi connectivity index (χ2n) is 19.4. The van der Waals surface area contributed by atoms with Gasteiger partial charge in [-0.15, -0.1) is 12.4 Å². The monoisotopic (exact) mass is 983 g/mol. The Morgan fingerprint density at radius 2 is 1.10 bits per heavy atom. The fourth-order valence-electron chi connectivity index (χ4n) is 7.82. The van der Waals surface area contributed by atoms with Crippen molar-refractivity contribution in [3.8, 4) is 5.75 Å². The molecule has 2 aliphatic rings. The molecule has 0 saturated carbocycles. The Kier molecular flexibility index (Phi) is 24.1. The first-order valence-corrected chi connectivity index (χ1v) is 23.4. The van der Waals surface area contributed by atoms with Gasteiger partial charge in [0.1, 0.15) is 23.9 Å². The summed E-state index contributed by atoms with van der Waals surface area (Å²) < 4.78 is 33.1. The molecule has 382 valence electrons. The lowest BCUT2D eigenvalue weighted by atomic mass is 9.85. The van der Waals surface area contributed by atoms with Gasteiger partial charge in [0.25, 0.3) is 0 Å². The summed E-state index contributed by atoms with van der Waals surface area (Å²) in [5.41, 5.74) is 7.97. The van der Waals surface area contributed by atoms with Crippen LogP contribution in [-0.4, -0.2) is 135 Å². The van der Waals surface area contributed by atoms with Crippen molar-refractivity contribution < 1.29 is 57.5 Å². The minimum Gasteiger partial charge on any atom is -0.508 e. The lowest BCUT2D eigenvalue weighted by Crippen LogP contribution is -2.57. The molecule has 17 heteroatoms. The largest absolute Gasteiger partial charge is 0.508 e. The highest BCUT2D eigenvalue weighted by Crippen LogP contribution is 2.29. The molecule has 5 rings (SSSR count). The third kappa shape index (κ3) is 19.0. The molecule has 16 nitrogen and oxygen atoms in total. The molecule has 2 aliphatic heterocycles. The van der Waals surface area contributed by atoms with E-state index < -0.39 is 46.9 Å². The van der Waals surface area contributed by atoms with E-state index in [1.165, 1.54) is 36.2 Å². The van der Waals surface area contributed by atoms with Gasteiger partial charge in [0.15, 0.2) is 0 Å². The Morgan fingerprint density at radius 1 is 0.652 bits per heavy atom. The number of carbonyl (C=O) groups excluding carboxylic acids is 5. The maximum atomic E-state index is 13.7. The van der Waals surface area contributed by atoms with Crippen molar-refractivity contribution in [2.24, 2.45) is 16.6 Å². The molecule has 4 N–H and O–H groups in total. The Balaban J connectivity index is 0.000000376. The minimum absolute atomic E-state index is 0. The second-order valence-corrected chi connectivity index (χ2v) is 19.4. The molecule has 0 aliphatic carbocycles. The van der Waals surface area contributed by atoms with Gasteiger partial charge in [-0.2, -0.15) is 0 Å². The van der Waals surface area contributed by atoms with Crippen LogP contribution in [-0.2, 0) is 72.0 Å². The highest BCUT2D eigenvalue weighted by molar-refractivity contribution is 5.92. The van der Waals surface area contributed by atoms with Gasteiger partial charge in [-0.25, -0.2) is 9.59 Å². The number of phenolic OH excluding ortho intramolecular Hbond substituents is 1. The van der Waals surface area contributed by atoms with Crippen LogP contribution in [0.4, 0.5) is 0 Å². The van der Waals surface area contributed by atoms with E-state index in [2.05, 4.69) is 5.32 Å². The average molecular weight is 984 g/mol. The van der Waals surface area contributed by atoms with Gasteiger partial charge in [0.2, 0.25) is 17.7 Å². The first-order chi connectivity index (χ1) is 32.3. The van der Waals surface area contributed by atoms with Gasteiger partial charge in [0, 0.05) is 52.4 Å². The van der Waals surface area contributed by atoms with Crippen molar-refractivity contribution in [3.63, 3.8) is 0 Å². The van der Waals surface area contributed by atoms with Crippen LogP contribution >= 0.6 is 12.4 Å². The fourth-order valence-corrected chi connectivity index (χ4v) is 7.82. The smallest absolute Gasteiger partial charge is 0.328 e. The van der Waals surface area contributed by atoms with Gasteiger partial charge in [-0.05, 0) is 52.5 Å². The van der Waals surface area contributed by atoms with Crippen LogP contribution in [0.25, 0.3) is 0 Å². The van der Waals surface area contributed by atoms with Crippen LogP contribution in [0, 0.1) is 10.8 Å². The number of ether oxygens (including phenoxy) is 6. The van der Waals surface area contributed by atoms with E-state index in [9.17, 15) is 29.1 Å². The number of nitrogens with zero attached hydrogens (tertiary/aromatic N) is 2. The highest BCUT2D eigenvalue weighted by Gasteiger charge is 2.46. The number of esters is 2. The number of rotatable bonds is 21. The highest BCUT2D eigenvalue weighted by atomic mass is 35.5. The summed E-state index contributed by atoms with van der Waals surface area (Å²) in [5, 5.41) is 12.5. The number of hydrogen-bond acceptors (Lipinski definition) is 13. The van der Waals surface area contributed by atoms with Crippen molar-refractivity contribution in [3.05, 3.63) is 102 Å². The van der Waals surface area contributed by atoms with Gasteiger partial charge < -0.3 is 54.4 Å². The number of nitrogens with one attached hydrogen (secondary N) is 1. The van der Waals surface area contributed by atoms with E-state index in [0.29, 0.717) is 71.0 Å². The Bertz CT molecular complexity index is 2050. The van der Waals surface area contributed by atoms with Crippen LogP contribution < -0.4 is 11.1 Å². The number of methoxy groups -OCH3 is 2. The molecular weight excluding hydrogens is 908 g/mol. The van der Waals surface area contributed by atoms with Gasteiger partial charge in [0.05, 0.1) is 52.1 Å². The number of hydrogen-bond donors (Lipinski definition) is 3. The standard InChI is InChI=1S/C30H40N2O7.C22H34N2O5.ClH/c1-30(2,3)27(31-26(34)17-22-12-8-13-23(33)16-22)28(35)32-19-24(18-25(32)29(36)37-4)39-15-9-14-38-20-21-10-6-5-7-11-21;1-22(2,3)19(23)20(25)24-14-17(13-18(24)21(26)27-4)29-12-8-11-28-15-16-9-6-5-7-10-16;/h5-8,10-13,16,24-25,27,33H,9,14-15,17-20H2,1-4H3,(H,31,34);5-7,9-10,17-19H,8,11-15,23H2,1-4H3;1H/t24-,25+,27-;17-,18+,19-;/m11./s1. The number of nitrogens with two attached hydrogens (primary N) is 1. The minimum atomic E-state index is -0.875. The van der Waals surface area contributed by atoms with Crippen molar-refractivity contribution in [2.75, 3.05) is 53.7 Å². The zero-order chi connectivity index (χ0) is 49.9. The number of halogens is 1. The third-order valence-corrected chi connectivity index (χ3v) is 11.7. The van der Waals surface area contributed by atoms with E-state index in [-0.39, 0.29) is 61.1 Å². The average Bonchev–Trinajstić information content (AvgIpc) is 3.95. The number of likely N-dealkylation sites (tertiary alicyclic amines) is 2. The van der Waals surface area contributed by atoms with E-state index in [1.807, 2.05) is 102 Å². The number of phenols is 1. The SMILES string of the molecule is COC(=O)[C@@H]1C[C@@H](OCCCOCc2ccccc2)CN1C(=O)[C@@H](N)C(C)(C)C.COC(=O)[C@@H]1C[C@@H](OCCCOCc2ccccc2)CN1C(=O)[C@@H](NC(=O)Cc1cccc(O)c1)C(C)(C)C.Cl. The predicted molar refractivity (Wildman–Crippen MR) is 263 cm³/mol. The van der Waals surface area contributed by atoms with Crippen LogP contribution in [0.15, 0.2) is 84.9 Å². The molecule has 0 unspecified atom stereocenters. The summed E-state index contributed by atoms with van der Waals surface area (Å²) in [5.74, 6) is -1.85. The molecule has 0 radical (unpaired) electrons. The van der Waals surface area contributed by atoms with E-state index in [0.717, 1.165) is 17.5 Å². The van der Waals surface area contributed by atoms with Gasteiger partial charge in [-0.3, -0.25) is 14.4 Å². The van der Waals surface area contributed by atoms with E-state index in [1.54, 1.807) is 12.1 Å². The molecule has 0 aromatic heterocycles. The molecule has 69 heavy (non-hydrogen) atoms. The first kappa shape index (κ1) is 58.2. The summed E-state index contributed by atoms with van der Waals surface area (Å²) in [7, 11) is 2.62. The number of aromatic hydroxyl groups is 1. The second kappa shape index (κ2) is 28.5. The number of benzene rings is 3. The molecule has 0 spiro atoms. The molecular formula is C52H75ClN4O12. The van der Waals surface area contributed by atoms with Crippen molar-refractivity contribution >= 4 is 42.1 Å². The zero-order valence-electron chi connectivity index (χ0n) is 41.6. The quantitative estimate of drug-likeness (QED) is 0.0857. The Labute approximate surface area is 414 Å². The molecule has 6 atom stereocenters. The zero-order valence-corrected chi connectivity index (χ0v) is 42.4. The maximum Gasteiger partial charge on any atom is 0.328 e. The summed E-state index contributed by atoms with van der Waals surface area (Å²) in [6.45, 7) is 15.0. The first-order valence-electron chi connectivity index (χ1n) is 23.4. The molecule has 3 aromatic carbocycles. The summed E-state index contributed by atoms with van der Waals surface area (Å²) >= 11 is 0. The van der Waals surface area contributed by atoms with Crippen LogP contribution in [0.1, 0.15) is 83.9 Å².